The average Bonchev–Trinajstić information content (AvgIpc) is 2.39. The minimum Gasteiger partial charge on any atom is -0.370 e. The Kier molecular flexibility index (Phi) is 5.76. The molecule has 2 unspecified atom stereocenters. The van der Waals surface area contributed by atoms with Gasteiger partial charge >= 0.3 is 0 Å². The van der Waals surface area contributed by atoms with E-state index in [1.807, 2.05) is 0 Å². The standard InChI is InChI=1S/C19H37NO/c1-5-6-16-7-9-19(14-20,10-8-16)21-17-11-15(2)12-18(3,4)13-17/h15-17H,5-14,20H2,1-4H3. The first kappa shape index (κ1) is 17.3. The highest BCUT2D eigenvalue weighted by Crippen LogP contribution is 2.43. The molecule has 2 saturated carbocycles. The summed E-state index contributed by atoms with van der Waals surface area (Å²) in [7, 11) is 0. The third kappa shape index (κ3) is 4.69. The van der Waals surface area contributed by atoms with Crippen molar-refractivity contribution in [1.82, 2.24) is 0 Å². The first-order valence-corrected chi connectivity index (χ1v) is 9.26. The lowest BCUT2D eigenvalue weighted by atomic mass is 9.71. The maximum Gasteiger partial charge on any atom is 0.0808 e. The average molecular weight is 296 g/mol. The van der Waals surface area contributed by atoms with Gasteiger partial charge in [-0.3, -0.25) is 0 Å². The second-order valence-corrected chi connectivity index (χ2v) is 8.77. The molecule has 21 heavy (non-hydrogen) atoms. The van der Waals surface area contributed by atoms with Crippen LogP contribution in [-0.4, -0.2) is 18.2 Å². The summed E-state index contributed by atoms with van der Waals surface area (Å²) in [5, 5.41) is 0. The second kappa shape index (κ2) is 7.00. The van der Waals surface area contributed by atoms with E-state index in [0.717, 1.165) is 11.8 Å². The normalized spacial score (nSPS) is 40.1. The van der Waals surface area contributed by atoms with Gasteiger partial charge in [-0.2, -0.15) is 0 Å². The Hall–Kier alpha value is -0.0800. The summed E-state index contributed by atoms with van der Waals surface area (Å²) >= 11 is 0. The molecule has 2 aliphatic rings. The smallest absolute Gasteiger partial charge is 0.0808 e. The predicted molar refractivity (Wildman–Crippen MR) is 90.3 cm³/mol. The molecule has 2 N–H and O–H groups in total. The van der Waals surface area contributed by atoms with E-state index in [-0.39, 0.29) is 5.60 Å². The zero-order valence-electron chi connectivity index (χ0n) is 14.8. The molecule has 0 bridgehead atoms. The maximum atomic E-state index is 6.68. The molecule has 0 aromatic heterocycles. The highest BCUT2D eigenvalue weighted by Gasteiger charge is 2.40. The SMILES string of the molecule is CCCC1CCC(CN)(OC2CC(C)CC(C)(C)C2)CC1. The Balaban J connectivity index is 1.93. The molecule has 2 fully saturated rings. The fourth-order valence-corrected chi connectivity index (χ4v) is 4.97. The summed E-state index contributed by atoms with van der Waals surface area (Å²) in [4.78, 5) is 0. The molecule has 2 heteroatoms. The molecule has 0 radical (unpaired) electrons. The molecule has 2 nitrogen and oxygen atoms in total. The van der Waals surface area contributed by atoms with Gasteiger partial charge in [-0.05, 0) is 62.2 Å². The minimum absolute atomic E-state index is 0.0119. The van der Waals surface area contributed by atoms with E-state index in [4.69, 9.17) is 10.5 Å². The van der Waals surface area contributed by atoms with Crippen molar-refractivity contribution in [2.24, 2.45) is 23.0 Å². The van der Waals surface area contributed by atoms with Crippen LogP contribution in [0, 0.1) is 17.3 Å². The highest BCUT2D eigenvalue weighted by molar-refractivity contribution is 4.92. The van der Waals surface area contributed by atoms with Crippen LogP contribution in [0.25, 0.3) is 0 Å². The third-order valence-electron chi connectivity index (χ3n) is 5.85. The molecule has 0 aliphatic heterocycles. The summed E-state index contributed by atoms with van der Waals surface area (Å²) in [5.41, 5.74) is 6.57. The lowest BCUT2D eigenvalue weighted by molar-refractivity contribution is -0.141. The Morgan fingerprint density at radius 2 is 1.81 bits per heavy atom. The van der Waals surface area contributed by atoms with E-state index >= 15 is 0 Å². The van der Waals surface area contributed by atoms with Crippen LogP contribution in [0.4, 0.5) is 0 Å². The summed E-state index contributed by atoms with van der Waals surface area (Å²) in [6, 6.07) is 0. The van der Waals surface area contributed by atoms with E-state index < -0.39 is 0 Å². The number of ether oxygens (including phenoxy) is 1. The van der Waals surface area contributed by atoms with Crippen molar-refractivity contribution in [2.45, 2.75) is 97.2 Å². The molecule has 0 saturated heterocycles. The molecule has 124 valence electrons. The Bertz CT molecular complexity index is 318. The van der Waals surface area contributed by atoms with Gasteiger partial charge in [-0.15, -0.1) is 0 Å². The van der Waals surface area contributed by atoms with E-state index in [0.29, 0.717) is 18.1 Å². The van der Waals surface area contributed by atoms with Crippen molar-refractivity contribution in [1.29, 1.82) is 0 Å². The molecule has 0 aromatic rings. The van der Waals surface area contributed by atoms with Crippen LogP contribution < -0.4 is 5.73 Å². The maximum absolute atomic E-state index is 6.68. The Morgan fingerprint density at radius 1 is 1.14 bits per heavy atom. The van der Waals surface area contributed by atoms with Gasteiger partial charge in [0, 0.05) is 6.54 Å². The van der Waals surface area contributed by atoms with Gasteiger partial charge in [-0.1, -0.05) is 40.5 Å². The summed E-state index contributed by atoms with van der Waals surface area (Å²) in [6.45, 7) is 10.2. The topological polar surface area (TPSA) is 35.2 Å². The fourth-order valence-electron chi connectivity index (χ4n) is 4.97. The van der Waals surface area contributed by atoms with Crippen molar-refractivity contribution in [3.63, 3.8) is 0 Å². The van der Waals surface area contributed by atoms with Gasteiger partial charge in [0.05, 0.1) is 11.7 Å². The largest absolute Gasteiger partial charge is 0.370 e. The van der Waals surface area contributed by atoms with Crippen LogP contribution >= 0.6 is 0 Å². The predicted octanol–water partition coefficient (Wildman–Crippen LogP) is 4.91. The molecule has 0 aromatic carbocycles. The zero-order chi connectivity index (χ0) is 15.5. The van der Waals surface area contributed by atoms with Gasteiger partial charge in [0.15, 0.2) is 0 Å². The highest BCUT2D eigenvalue weighted by atomic mass is 16.5. The number of rotatable bonds is 5. The van der Waals surface area contributed by atoms with Crippen LogP contribution in [0.2, 0.25) is 0 Å². The van der Waals surface area contributed by atoms with Crippen LogP contribution in [0.15, 0.2) is 0 Å². The number of nitrogens with two attached hydrogens (primary N) is 1. The van der Waals surface area contributed by atoms with Crippen LogP contribution in [0.3, 0.4) is 0 Å². The summed E-state index contributed by atoms with van der Waals surface area (Å²) < 4.78 is 6.68. The summed E-state index contributed by atoms with van der Waals surface area (Å²) in [6.07, 6.45) is 11.9. The van der Waals surface area contributed by atoms with E-state index in [1.165, 1.54) is 57.8 Å². The molecule has 2 atom stereocenters. The molecule has 0 amide bonds. The van der Waals surface area contributed by atoms with Gasteiger partial charge in [0.25, 0.3) is 0 Å². The van der Waals surface area contributed by atoms with Crippen LogP contribution in [-0.2, 0) is 4.74 Å². The first-order chi connectivity index (χ1) is 9.88. The molecule has 2 rings (SSSR count). The Labute approximate surface area is 132 Å². The van der Waals surface area contributed by atoms with Crippen molar-refractivity contribution in [3.05, 3.63) is 0 Å². The van der Waals surface area contributed by atoms with E-state index in [2.05, 4.69) is 27.7 Å². The zero-order valence-corrected chi connectivity index (χ0v) is 14.8. The van der Waals surface area contributed by atoms with Crippen molar-refractivity contribution in [2.75, 3.05) is 6.54 Å². The second-order valence-electron chi connectivity index (χ2n) is 8.77. The lowest BCUT2D eigenvalue weighted by Gasteiger charge is -2.46. The molecular formula is C19H37NO. The van der Waals surface area contributed by atoms with E-state index in [1.54, 1.807) is 0 Å². The number of hydrogen-bond acceptors (Lipinski definition) is 2. The monoisotopic (exact) mass is 295 g/mol. The third-order valence-corrected chi connectivity index (χ3v) is 5.85. The first-order valence-electron chi connectivity index (χ1n) is 9.26. The van der Waals surface area contributed by atoms with Gasteiger partial charge < -0.3 is 10.5 Å². The van der Waals surface area contributed by atoms with Gasteiger partial charge in [0.2, 0.25) is 0 Å². The quantitative estimate of drug-likeness (QED) is 0.782. The molecule has 0 heterocycles. The Morgan fingerprint density at radius 3 is 2.33 bits per heavy atom. The van der Waals surface area contributed by atoms with Crippen molar-refractivity contribution in [3.8, 4) is 0 Å². The lowest BCUT2D eigenvalue weighted by Crippen LogP contribution is -2.48. The van der Waals surface area contributed by atoms with Crippen molar-refractivity contribution >= 4 is 0 Å². The molecular weight excluding hydrogens is 258 g/mol. The van der Waals surface area contributed by atoms with Crippen molar-refractivity contribution < 1.29 is 4.74 Å². The van der Waals surface area contributed by atoms with Gasteiger partial charge in [0.1, 0.15) is 0 Å². The van der Waals surface area contributed by atoms with Crippen LogP contribution in [0.1, 0.15) is 85.5 Å². The molecule has 0 spiro atoms. The van der Waals surface area contributed by atoms with Crippen LogP contribution in [0.5, 0.6) is 0 Å². The fraction of sp³-hybridized carbons (Fsp3) is 1.00. The van der Waals surface area contributed by atoms with E-state index in [9.17, 15) is 0 Å². The number of hydrogen-bond donors (Lipinski definition) is 1. The summed E-state index contributed by atoms with van der Waals surface area (Å²) in [5.74, 6) is 1.70. The minimum atomic E-state index is -0.0119. The molecule has 2 aliphatic carbocycles. The van der Waals surface area contributed by atoms with Gasteiger partial charge in [-0.25, -0.2) is 0 Å².